The standard InChI is InChI=1S/C17H21ClN2OS2/c1-12(14-4-6-15(18)7-5-14)20(3)17(21)8-9-22-10-16-11-23-13(2)19-16/h4-7,11-12H,8-10H2,1-3H3/t12-/m1/s1. The number of aryl methyl sites for hydroxylation is 1. The van der Waals surface area contributed by atoms with Crippen molar-refractivity contribution in [3.63, 3.8) is 0 Å². The number of nitrogens with zero attached hydrogens (tertiary/aromatic N) is 2. The van der Waals surface area contributed by atoms with Crippen molar-refractivity contribution in [1.82, 2.24) is 9.88 Å². The molecule has 0 unspecified atom stereocenters. The molecule has 0 saturated carbocycles. The van der Waals surface area contributed by atoms with Crippen molar-refractivity contribution in [3.8, 4) is 0 Å². The second kappa shape index (κ2) is 8.71. The second-order valence-electron chi connectivity index (χ2n) is 5.39. The molecule has 1 heterocycles. The lowest BCUT2D eigenvalue weighted by molar-refractivity contribution is -0.131. The minimum Gasteiger partial charge on any atom is -0.339 e. The summed E-state index contributed by atoms with van der Waals surface area (Å²) in [6, 6.07) is 7.70. The first-order valence-corrected chi connectivity index (χ1v) is 9.88. The van der Waals surface area contributed by atoms with Crippen molar-refractivity contribution in [2.75, 3.05) is 12.8 Å². The highest BCUT2D eigenvalue weighted by Gasteiger charge is 2.17. The van der Waals surface area contributed by atoms with Crippen LogP contribution in [0.15, 0.2) is 29.6 Å². The van der Waals surface area contributed by atoms with Crippen molar-refractivity contribution in [2.24, 2.45) is 0 Å². The molecule has 0 N–H and O–H groups in total. The third-order valence-electron chi connectivity index (χ3n) is 3.70. The van der Waals surface area contributed by atoms with Crippen molar-refractivity contribution in [2.45, 2.75) is 32.1 Å². The predicted molar refractivity (Wildman–Crippen MR) is 100 cm³/mol. The fourth-order valence-electron chi connectivity index (χ4n) is 2.17. The third kappa shape index (κ3) is 5.52. The summed E-state index contributed by atoms with van der Waals surface area (Å²) in [6.07, 6.45) is 0.544. The van der Waals surface area contributed by atoms with Gasteiger partial charge in [0.05, 0.1) is 16.7 Å². The number of amides is 1. The Bertz CT molecular complexity index is 642. The van der Waals surface area contributed by atoms with Crippen LogP contribution in [0.4, 0.5) is 0 Å². The lowest BCUT2D eigenvalue weighted by Crippen LogP contribution is -2.29. The summed E-state index contributed by atoms with van der Waals surface area (Å²) in [4.78, 5) is 18.5. The Hall–Kier alpha value is -1.04. The molecule has 0 radical (unpaired) electrons. The summed E-state index contributed by atoms with van der Waals surface area (Å²) in [5.41, 5.74) is 2.20. The van der Waals surface area contributed by atoms with Gasteiger partial charge in [0.25, 0.3) is 0 Å². The number of thiazole rings is 1. The van der Waals surface area contributed by atoms with Crippen LogP contribution in [0.2, 0.25) is 5.02 Å². The number of thioether (sulfide) groups is 1. The van der Waals surface area contributed by atoms with Crippen molar-refractivity contribution in [1.29, 1.82) is 0 Å². The first kappa shape index (κ1) is 18.3. The normalized spacial score (nSPS) is 12.2. The number of hydrogen-bond donors (Lipinski definition) is 0. The number of rotatable bonds is 7. The van der Waals surface area contributed by atoms with Crippen LogP contribution in [0.1, 0.15) is 35.7 Å². The zero-order chi connectivity index (χ0) is 16.8. The molecule has 1 aromatic heterocycles. The summed E-state index contributed by atoms with van der Waals surface area (Å²) in [5, 5.41) is 3.88. The van der Waals surface area contributed by atoms with Gasteiger partial charge < -0.3 is 4.90 Å². The third-order valence-corrected chi connectivity index (χ3v) is 5.77. The van der Waals surface area contributed by atoms with E-state index in [1.54, 1.807) is 28.0 Å². The van der Waals surface area contributed by atoms with Crippen molar-refractivity contribution >= 4 is 40.6 Å². The minimum atomic E-state index is 0.0472. The molecule has 1 atom stereocenters. The number of aromatic nitrogens is 1. The van der Waals surface area contributed by atoms with Crippen LogP contribution in [0, 0.1) is 6.92 Å². The highest BCUT2D eigenvalue weighted by molar-refractivity contribution is 7.98. The molecule has 2 rings (SSSR count). The number of halogens is 1. The fraction of sp³-hybridized carbons (Fsp3) is 0.412. The van der Waals surface area contributed by atoms with E-state index in [4.69, 9.17) is 11.6 Å². The molecule has 1 amide bonds. The molecule has 1 aromatic carbocycles. The Balaban J connectivity index is 1.76. The quantitative estimate of drug-likeness (QED) is 0.648. The average molecular weight is 369 g/mol. The molecule has 0 fully saturated rings. The van der Waals surface area contributed by atoms with E-state index < -0.39 is 0 Å². The van der Waals surface area contributed by atoms with Gasteiger partial charge in [0.15, 0.2) is 0 Å². The zero-order valence-corrected chi connectivity index (χ0v) is 16.0. The molecule has 0 aliphatic rings. The lowest BCUT2D eigenvalue weighted by atomic mass is 10.1. The molecule has 0 aliphatic carbocycles. The van der Waals surface area contributed by atoms with Gasteiger partial charge in [-0.25, -0.2) is 4.98 Å². The van der Waals surface area contributed by atoms with Gasteiger partial charge in [0.2, 0.25) is 5.91 Å². The van der Waals surface area contributed by atoms with Gasteiger partial charge >= 0.3 is 0 Å². The molecule has 0 bridgehead atoms. The van der Waals surface area contributed by atoms with E-state index in [1.165, 1.54) is 0 Å². The minimum absolute atomic E-state index is 0.0472. The van der Waals surface area contributed by atoms with E-state index in [-0.39, 0.29) is 11.9 Å². The Labute approximate surface area is 151 Å². The monoisotopic (exact) mass is 368 g/mol. The van der Waals surface area contributed by atoms with Crippen molar-refractivity contribution < 1.29 is 4.79 Å². The molecule has 23 heavy (non-hydrogen) atoms. The van der Waals surface area contributed by atoms with Gasteiger partial charge in [-0.15, -0.1) is 11.3 Å². The maximum atomic E-state index is 12.3. The molecule has 6 heteroatoms. The van der Waals surface area contributed by atoms with E-state index in [1.807, 2.05) is 45.2 Å². The molecule has 2 aromatic rings. The highest BCUT2D eigenvalue weighted by atomic mass is 35.5. The maximum Gasteiger partial charge on any atom is 0.223 e. The Kier molecular flexibility index (Phi) is 6.93. The number of benzene rings is 1. The fourth-order valence-corrected chi connectivity index (χ4v) is 3.83. The average Bonchev–Trinajstić information content (AvgIpc) is 2.96. The highest BCUT2D eigenvalue weighted by Crippen LogP contribution is 2.22. The molecule has 0 aliphatic heterocycles. The topological polar surface area (TPSA) is 33.2 Å². The number of carbonyl (C=O) groups excluding carboxylic acids is 1. The van der Waals surface area contributed by atoms with Gasteiger partial charge in [-0.3, -0.25) is 4.79 Å². The van der Waals surface area contributed by atoms with Gasteiger partial charge in [-0.2, -0.15) is 11.8 Å². The van der Waals surface area contributed by atoms with Gasteiger partial charge in [0, 0.05) is 35.4 Å². The van der Waals surface area contributed by atoms with Crippen LogP contribution >= 0.6 is 34.7 Å². The van der Waals surface area contributed by atoms with E-state index in [2.05, 4.69) is 10.4 Å². The molecular weight excluding hydrogens is 348 g/mol. The smallest absolute Gasteiger partial charge is 0.223 e. The van der Waals surface area contributed by atoms with E-state index in [0.717, 1.165) is 27.8 Å². The van der Waals surface area contributed by atoms with Gasteiger partial charge in [0.1, 0.15) is 0 Å². The van der Waals surface area contributed by atoms with Gasteiger partial charge in [-0.05, 0) is 31.5 Å². The predicted octanol–water partition coefficient (Wildman–Crippen LogP) is 4.95. The molecule has 0 spiro atoms. The van der Waals surface area contributed by atoms with Crippen LogP contribution in [0.25, 0.3) is 0 Å². The molecular formula is C17H21ClN2OS2. The number of hydrogen-bond acceptors (Lipinski definition) is 4. The molecule has 3 nitrogen and oxygen atoms in total. The van der Waals surface area contributed by atoms with E-state index in [0.29, 0.717) is 11.4 Å². The Morgan fingerprint density at radius 1 is 1.39 bits per heavy atom. The van der Waals surface area contributed by atoms with Gasteiger partial charge in [-0.1, -0.05) is 23.7 Å². The van der Waals surface area contributed by atoms with Crippen LogP contribution in [-0.2, 0) is 10.5 Å². The Morgan fingerprint density at radius 3 is 2.70 bits per heavy atom. The zero-order valence-electron chi connectivity index (χ0n) is 13.6. The number of carbonyl (C=O) groups is 1. The SMILES string of the molecule is Cc1nc(CSCCC(=O)N(C)[C@H](C)c2ccc(Cl)cc2)cs1. The molecule has 124 valence electrons. The van der Waals surface area contributed by atoms with Crippen LogP contribution in [0.5, 0.6) is 0 Å². The largest absolute Gasteiger partial charge is 0.339 e. The second-order valence-corrected chi connectivity index (χ2v) is 8.00. The summed E-state index contributed by atoms with van der Waals surface area (Å²) < 4.78 is 0. The first-order valence-electron chi connectivity index (χ1n) is 7.47. The van der Waals surface area contributed by atoms with Crippen molar-refractivity contribution in [3.05, 3.63) is 50.9 Å². The summed E-state index contributed by atoms with van der Waals surface area (Å²) in [6.45, 7) is 4.04. The Morgan fingerprint density at radius 2 is 2.09 bits per heavy atom. The maximum absolute atomic E-state index is 12.3. The van der Waals surface area contributed by atoms with Crippen LogP contribution in [-0.4, -0.2) is 28.6 Å². The summed E-state index contributed by atoms with van der Waals surface area (Å²) >= 11 is 9.33. The van der Waals surface area contributed by atoms with Crippen LogP contribution in [0.3, 0.4) is 0 Å². The molecule has 0 saturated heterocycles. The van der Waals surface area contributed by atoms with E-state index >= 15 is 0 Å². The summed E-state index contributed by atoms with van der Waals surface area (Å²) in [7, 11) is 1.86. The first-order chi connectivity index (χ1) is 11.0. The van der Waals surface area contributed by atoms with Crippen LogP contribution < -0.4 is 0 Å². The summed E-state index contributed by atoms with van der Waals surface area (Å²) in [5.74, 6) is 1.84. The lowest BCUT2D eigenvalue weighted by Gasteiger charge is -2.25. The van der Waals surface area contributed by atoms with E-state index in [9.17, 15) is 4.79 Å².